The van der Waals surface area contributed by atoms with Crippen LogP contribution in [-0.4, -0.2) is 11.6 Å². The predicted octanol–water partition coefficient (Wildman–Crippen LogP) is 4.91. The van der Waals surface area contributed by atoms with Crippen LogP contribution in [0.25, 0.3) is 0 Å². The van der Waals surface area contributed by atoms with E-state index in [2.05, 4.69) is 34.8 Å². The van der Waals surface area contributed by atoms with Gasteiger partial charge in [-0.3, -0.25) is 0 Å². The SMILES string of the molecule is CC(C)COc1nc(Oc2ccc(Cl)cc2Br)ccc1N. The van der Waals surface area contributed by atoms with E-state index in [1.54, 1.807) is 30.3 Å². The summed E-state index contributed by atoms with van der Waals surface area (Å²) in [6, 6.07) is 8.67. The van der Waals surface area contributed by atoms with Crippen molar-refractivity contribution in [2.45, 2.75) is 13.8 Å². The van der Waals surface area contributed by atoms with E-state index < -0.39 is 0 Å². The van der Waals surface area contributed by atoms with Crippen molar-refractivity contribution < 1.29 is 9.47 Å². The molecule has 0 saturated carbocycles. The number of nitrogens with two attached hydrogens (primary N) is 1. The van der Waals surface area contributed by atoms with Crippen molar-refractivity contribution in [2.75, 3.05) is 12.3 Å². The molecule has 0 aliphatic heterocycles. The second-order valence-electron chi connectivity index (χ2n) is 4.93. The molecule has 2 rings (SSSR count). The standard InChI is InChI=1S/C15H16BrClN2O2/c1-9(2)8-20-15-12(18)4-6-14(19-15)21-13-5-3-10(17)7-11(13)16/h3-7,9H,8,18H2,1-2H3. The first-order valence-corrected chi connectivity index (χ1v) is 7.65. The van der Waals surface area contributed by atoms with E-state index in [-0.39, 0.29) is 0 Å². The van der Waals surface area contributed by atoms with Crippen molar-refractivity contribution in [2.24, 2.45) is 5.92 Å². The maximum atomic E-state index is 5.90. The minimum atomic E-state index is 0.381. The van der Waals surface area contributed by atoms with Crippen LogP contribution in [0.2, 0.25) is 5.02 Å². The molecule has 0 atom stereocenters. The number of nitrogen functional groups attached to an aromatic ring is 1. The normalized spacial score (nSPS) is 10.7. The number of rotatable bonds is 5. The first-order chi connectivity index (χ1) is 9.95. The Kier molecular flexibility index (Phi) is 5.31. The maximum Gasteiger partial charge on any atom is 0.240 e. The average molecular weight is 372 g/mol. The van der Waals surface area contributed by atoms with Crippen LogP contribution < -0.4 is 15.2 Å². The zero-order valence-electron chi connectivity index (χ0n) is 11.8. The molecule has 2 aromatic rings. The highest BCUT2D eigenvalue weighted by Gasteiger charge is 2.09. The Morgan fingerprint density at radius 3 is 2.71 bits per heavy atom. The molecular weight excluding hydrogens is 356 g/mol. The first kappa shape index (κ1) is 15.9. The summed E-state index contributed by atoms with van der Waals surface area (Å²) < 4.78 is 12.0. The summed E-state index contributed by atoms with van der Waals surface area (Å²) in [6.45, 7) is 4.66. The summed E-state index contributed by atoms with van der Waals surface area (Å²) in [4.78, 5) is 4.28. The van der Waals surface area contributed by atoms with Crippen molar-refractivity contribution in [3.8, 4) is 17.5 Å². The van der Waals surface area contributed by atoms with E-state index in [4.69, 9.17) is 26.8 Å². The van der Waals surface area contributed by atoms with Gasteiger partial charge in [-0.05, 0) is 46.1 Å². The second-order valence-corrected chi connectivity index (χ2v) is 6.22. The molecule has 0 aliphatic rings. The maximum absolute atomic E-state index is 5.90. The molecule has 2 N–H and O–H groups in total. The topological polar surface area (TPSA) is 57.4 Å². The van der Waals surface area contributed by atoms with Gasteiger partial charge in [0.1, 0.15) is 5.75 Å². The van der Waals surface area contributed by atoms with Crippen LogP contribution in [-0.2, 0) is 0 Å². The lowest BCUT2D eigenvalue weighted by Gasteiger charge is -2.12. The minimum Gasteiger partial charge on any atom is -0.476 e. The molecule has 0 bridgehead atoms. The van der Waals surface area contributed by atoms with Gasteiger partial charge < -0.3 is 15.2 Å². The van der Waals surface area contributed by atoms with Gasteiger partial charge >= 0.3 is 0 Å². The number of nitrogens with zero attached hydrogens (tertiary/aromatic N) is 1. The molecule has 0 spiro atoms. The van der Waals surface area contributed by atoms with E-state index in [9.17, 15) is 0 Å². The van der Waals surface area contributed by atoms with Gasteiger partial charge in [0, 0.05) is 11.1 Å². The molecule has 0 fully saturated rings. The highest BCUT2D eigenvalue weighted by atomic mass is 79.9. The zero-order chi connectivity index (χ0) is 15.4. The van der Waals surface area contributed by atoms with Crippen molar-refractivity contribution in [3.05, 3.63) is 39.8 Å². The highest BCUT2D eigenvalue weighted by molar-refractivity contribution is 9.10. The molecule has 0 saturated heterocycles. The molecule has 0 unspecified atom stereocenters. The Bertz CT molecular complexity index is 635. The number of aromatic nitrogens is 1. The van der Waals surface area contributed by atoms with E-state index >= 15 is 0 Å². The molecule has 112 valence electrons. The van der Waals surface area contributed by atoms with Crippen molar-refractivity contribution >= 4 is 33.2 Å². The quantitative estimate of drug-likeness (QED) is 0.811. The number of halogens is 2. The van der Waals surface area contributed by atoms with Crippen LogP contribution in [0.4, 0.5) is 5.69 Å². The Labute approximate surface area is 137 Å². The van der Waals surface area contributed by atoms with Crippen LogP contribution in [0, 0.1) is 5.92 Å². The van der Waals surface area contributed by atoms with Gasteiger partial charge in [-0.1, -0.05) is 25.4 Å². The zero-order valence-corrected chi connectivity index (χ0v) is 14.1. The van der Waals surface area contributed by atoms with Crippen LogP contribution in [0.5, 0.6) is 17.5 Å². The summed E-state index contributed by atoms with van der Waals surface area (Å²) in [7, 11) is 0. The van der Waals surface area contributed by atoms with Gasteiger partial charge in [-0.15, -0.1) is 0 Å². The number of benzene rings is 1. The third-order valence-electron chi connectivity index (χ3n) is 2.53. The fraction of sp³-hybridized carbons (Fsp3) is 0.267. The second kappa shape index (κ2) is 7.00. The van der Waals surface area contributed by atoms with Crippen LogP contribution in [0.3, 0.4) is 0 Å². The van der Waals surface area contributed by atoms with Crippen molar-refractivity contribution in [3.63, 3.8) is 0 Å². The Hall–Kier alpha value is -1.46. The molecule has 0 radical (unpaired) electrons. The van der Waals surface area contributed by atoms with E-state index in [1.807, 2.05) is 0 Å². The summed E-state index contributed by atoms with van der Waals surface area (Å²) >= 11 is 9.29. The van der Waals surface area contributed by atoms with Gasteiger partial charge in [0.25, 0.3) is 0 Å². The van der Waals surface area contributed by atoms with Crippen LogP contribution in [0.1, 0.15) is 13.8 Å². The molecule has 21 heavy (non-hydrogen) atoms. The largest absolute Gasteiger partial charge is 0.476 e. The Morgan fingerprint density at radius 1 is 1.29 bits per heavy atom. The van der Waals surface area contributed by atoms with Crippen molar-refractivity contribution in [1.29, 1.82) is 0 Å². The summed E-state index contributed by atoms with van der Waals surface area (Å²) in [5, 5.41) is 0.625. The van der Waals surface area contributed by atoms with Gasteiger partial charge in [0.15, 0.2) is 0 Å². The number of ether oxygens (including phenoxy) is 2. The predicted molar refractivity (Wildman–Crippen MR) is 88.2 cm³/mol. The summed E-state index contributed by atoms with van der Waals surface area (Å²) in [6.07, 6.45) is 0. The van der Waals surface area contributed by atoms with E-state index in [0.29, 0.717) is 40.7 Å². The third kappa shape index (κ3) is 4.51. The number of pyridine rings is 1. The molecule has 4 nitrogen and oxygen atoms in total. The first-order valence-electron chi connectivity index (χ1n) is 6.48. The number of hydrogen-bond donors (Lipinski definition) is 1. The summed E-state index contributed by atoms with van der Waals surface area (Å²) in [5.74, 6) is 1.80. The van der Waals surface area contributed by atoms with Crippen LogP contribution >= 0.6 is 27.5 Å². The minimum absolute atomic E-state index is 0.381. The Balaban J connectivity index is 2.18. The average Bonchev–Trinajstić information content (AvgIpc) is 2.42. The van der Waals surface area contributed by atoms with Gasteiger partial charge in [0.2, 0.25) is 11.8 Å². The highest BCUT2D eigenvalue weighted by Crippen LogP contribution is 2.32. The molecule has 6 heteroatoms. The van der Waals surface area contributed by atoms with Gasteiger partial charge in [-0.2, -0.15) is 4.98 Å². The lowest BCUT2D eigenvalue weighted by molar-refractivity contribution is 0.260. The molecule has 1 aromatic carbocycles. The van der Waals surface area contributed by atoms with E-state index in [0.717, 1.165) is 4.47 Å². The van der Waals surface area contributed by atoms with Crippen LogP contribution in [0.15, 0.2) is 34.8 Å². The molecule has 1 aromatic heterocycles. The fourth-order valence-electron chi connectivity index (χ4n) is 1.52. The lowest BCUT2D eigenvalue weighted by atomic mass is 10.2. The molecule has 1 heterocycles. The Morgan fingerprint density at radius 2 is 2.05 bits per heavy atom. The monoisotopic (exact) mass is 370 g/mol. The molecular formula is C15H16BrClN2O2. The molecule has 0 amide bonds. The van der Waals surface area contributed by atoms with Crippen molar-refractivity contribution in [1.82, 2.24) is 4.98 Å². The fourth-order valence-corrected chi connectivity index (χ4v) is 2.29. The number of anilines is 1. The summed E-state index contributed by atoms with van der Waals surface area (Å²) in [5.41, 5.74) is 6.33. The number of hydrogen-bond acceptors (Lipinski definition) is 4. The lowest BCUT2D eigenvalue weighted by Crippen LogP contribution is -2.07. The third-order valence-corrected chi connectivity index (χ3v) is 3.38. The smallest absolute Gasteiger partial charge is 0.240 e. The molecule has 0 aliphatic carbocycles. The van der Waals surface area contributed by atoms with Gasteiger partial charge in [0.05, 0.1) is 16.8 Å². The van der Waals surface area contributed by atoms with E-state index in [1.165, 1.54) is 0 Å². The van der Waals surface area contributed by atoms with Gasteiger partial charge in [-0.25, -0.2) is 0 Å².